The molecule has 0 saturated carbocycles. The van der Waals surface area contributed by atoms with Gasteiger partial charge in [0.1, 0.15) is 0 Å². The third-order valence-corrected chi connectivity index (χ3v) is 4.00. The summed E-state index contributed by atoms with van der Waals surface area (Å²) in [4.78, 5) is 0. The fourth-order valence-corrected chi connectivity index (χ4v) is 3.09. The van der Waals surface area contributed by atoms with Crippen molar-refractivity contribution in [1.82, 2.24) is 5.32 Å². The van der Waals surface area contributed by atoms with E-state index in [0.29, 0.717) is 18.2 Å². The lowest BCUT2D eigenvalue weighted by Gasteiger charge is -2.15. The van der Waals surface area contributed by atoms with Crippen molar-refractivity contribution in [3.63, 3.8) is 0 Å². The van der Waals surface area contributed by atoms with E-state index in [1.807, 2.05) is 11.8 Å². The van der Waals surface area contributed by atoms with Gasteiger partial charge in [-0.05, 0) is 23.8 Å². The maximum Gasteiger partial charge on any atom is 0.416 e. The van der Waals surface area contributed by atoms with Gasteiger partial charge in [0, 0.05) is 18.3 Å². The lowest BCUT2D eigenvalue weighted by Crippen LogP contribution is -2.29. The first-order valence-corrected chi connectivity index (χ1v) is 6.69. The van der Waals surface area contributed by atoms with Crippen molar-refractivity contribution in [1.29, 1.82) is 0 Å². The zero-order chi connectivity index (χ0) is 12.3. The lowest BCUT2D eigenvalue weighted by atomic mass is 10.1. The molecule has 1 nitrogen and oxygen atoms in total. The van der Waals surface area contributed by atoms with Crippen LogP contribution in [0.2, 0.25) is 0 Å². The van der Waals surface area contributed by atoms with Crippen molar-refractivity contribution in [2.75, 3.05) is 11.5 Å². The summed E-state index contributed by atoms with van der Waals surface area (Å²) >= 11 is 1.84. The number of alkyl halides is 3. The molecule has 17 heavy (non-hydrogen) atoms. The van der Waals surface area contributed by atoms with Gasteiger partial charge in [0.2, 0.25) is 0 Å². The Labute approximate surface area is 103 Å². The molecule has 1 heterocycles. The minimum Gasteiger partial charge on any atom is -0.309 e. The summed E-state index contributed by atoms with van der Waals surface area (Å²) in [6, 6.07) is 6.10. The van der Waals surface area contributed by atoms with Crippen molar-refractivity contribution >= 4 is 11.8 Å². The Balaban J connectivity index is 2.04. The van der Waals surface area contributed by atoms with Gasteiger partial charge >= 0.3 is 6.18 Å². The molecular weight excluding hydrogens is 247 g/mol. The van der Waals surface area contributed by atoms with Gasteiger partial charge in [0.25, 0.3) is 0 Å². The van der Waals surface area contributed by atoms with Gasteiger partial charge < -0.3 is 5.32 Å². The molecule has 1 aromatic carbocycles. The highest BCUT2D eigenvalue weighted by Gasteiger charge is 2.32. The Hall–Kier alpha value is -0.680. The first-order valence-electron chi connectivity index (χ1n) is 5.53. The molecular formula is C12H14F3NS. The topological polar surface area (TPSA) is 12.0 Å². The molecule has 5 heteroatoms. The predicted molar refractivity (Wildman–Crippen MR) is 64.0 cm³/mol. The van der Waals surface area contributed by atoms with Crippen LogP contribution in [0.3, 0.4) is 0 Å². The molecule has 1 aromatic rings. The van der Waals surface area contributed by atoms with Gasteiger partial charge in [-0.3, -0.25) is 0 Å². The minimum absolute atomic E-state index is 0.293. The Morgan fingerprint density at radius 2 is 2.06 bits per heavy atom. The summed E-state index contributed by atoms with van der Waals surface area (Å²) < 4.78 is 38.2. The number of thioether (sulfide) groups is 1. The van der Waals surface area contributed by atoms with E-state index in [0.717, 1.165) is 24.0 Å². The van der Waals surface area contributed by atoms with Crippen LogP contribution in [0.4, 0.5) is 13.2 Å². The van der Waals surface area contributed by atoms with Crippen LogP contribution in [-0.4, -0.2) is 17.5 Å². The van der Waals surface area contributed by atoms with Crippen LogP contribution in [0.5, 0.6) is 0 Å². The fourth-order valence-electron chi connectivity index (χ4n) is 1.90. The molecule has 1 unspecified atom stereocenters. The molecule has 0 amide bonds. The molecule has 0 bridgehead atoms. The molecule has 2 rings (SSSR count). The van der Waals surface area contributed by atoms with Crippen molar-refractivity contribution in [3.05, 3.63) is 35.4 Å². The van der Waals surface area contributed by atoms with E-state index in [9.17, 15) is 13.2 Å². The SMILES string of the molecule is FC(F)(F)c1ccccc1CNC1CCSC1. The third-order valence-electron chi connectivity index (χ3n) is 2.83. The number of nitrogens with one attached hydrogen (secondary N) is 1. The van der Waals surface area contributed by atoms with Crippen LogP contribution in [0, 0.1) is 0 Å². The van der Waals surface area contributed by atoms with E-state index >= 15 is 0 Å². The van der Waals surface area contributed by atoms with E-state index < -0.39 is 11.7 Å². The van der Waals surface area contributed by atoms with Gasteiger partial charge in [-0.25, -0.2) is 0 Å². The smallest absolute Gasteiger partial charge is 0.309 e. The highest BCUT2D eigenvalue weighted by atomic mass is 32.2. The predicted octanol–water partition coefficient (Wildman–Crippen LogP) is 3.30. The van der Waals surface area contributed by atoms with E-state index in [1.165, 1.54) is 12.1 Å². The highest BCUT2D eigenvalue weighted by molar-refractivity contribution is 7.99. The molecule has 1 aliphatic heterocycles. The van der Waals surface area contributed by atoms with Crippen LogP contribution in [-0.2, 0) is 12.7 Å². The molecule has 1 N–H and O–H groups in total. The van der Waals surface area contributed by atoms with E-state index in [4.69, 9.17) is 0 Å². The Morgan fingerprint density at radius 3 is 2.71 bits per heavy atom. The van der Waals surface area contributed by atoms with E-state index in [1.54, 1.807) is 6.07 Å². The molecule has 0 aromatic heterocycles. The summed E-state index contributed by atoms with van der Waals surface area (Å²) in [5, 5.41) is 3.19. The third kappa shape index (κ3) is 3.39. The van der Waals surface area contributed by atoms with Crippen molar-refractivity contribution in [3.8, 4) is 0 Å². The van der Waals surface area contributed by atoms with Crippen LogP contribution >= 0.6 is 11.8 Å². The maximum atomic E-state index is 12.7. The standard InChI is InChI=1S/C12H14F3NS/c13-12(14,15)11-4-2-1-3-9(11)7-16-10-5-6-17-8-10/h1-4,10,16H,5-8H2. The summed E-state index contributed by atoms with van der Waals surface area (Å²) in [5.74, 6) is 2.09. The second-order valence-corrected chi connectivity index (χ2v) is 5.25. The van der Waals surface area contributed by atoms with Gasteiger partial charge in [0.05, 0.1) is 5.56 Å². The molecule has 1 fully saturated rings. The van der Waals surface area contributed by atoms with E-state index in [-0.39, 0.29) is 0 Å². The zero-order valence-corrected chi connectivity index (χ0v) is 10.1. The lowest BCUT2D eigenvalue weighted by molar-refractivity contribution is -0.138. The average molecular weight is 261 g/mol. The monoisotopic (exact) mass is 261 g/mol. The highest BCUT2D eigenvalue weighted by Crippen LogP contribution is 2.31. The zero-order valence-electron chi connectivity index (χ0n) is 9.26. The summed E-state index contributed by atoms with van der Waals surface area (Å²) in [6.07, 6.45) is -3.22. The van der Waals surface area contributed by atoms with Crippen molar-refractivity contribution < 1.29 is 13.2 Å². The first-order chi connectivity index (χ1) is 8.07. The summed E-state index contributed by atoms with van der Waals surface area (Å²) in [5.41, 5.74) is -0.199. The molecule has 1 saturated heterocycles. The molecule has 0 aliphatic carbocycles. The number of hydrogen-bond donors (Lipinski definition) is 1. The quantitative estimate of drug-likeness (QED) is 0.896. The maximum absolute atomic E-state index is 12.7. The van der Waals surface area contributed by atoms with Crippen LogP contribution in [0.25, 0.3) is 0 Å². The fraction of sp³-hybridized carbons (Fsp3) is 0.500. The van der Waals surface area contributed by atoms with E-state index in [2.05, 4.69) is 5.32 Å². The number of rotatable bonds is 3. The van der Waals surface area contributed by atoms with Crippen LogP contribution in [0.15, 0.2) is 24.3 Å². The first kappa shape index (κ1) is 12.8. The largest absolute Gasteiger partial charge is 0.416 e. The molecule has 1 atom stereocenters. The number of benzene rings is 1. The number of halogens is 3. The molecule has 1 aliphatic rings. The van der Waals surface area contributed by atoms with Crippen LogP contribution < -0.4 is 5.32 Å². The second kappa shape index (κ2) is 5.31. The average Bonchev–Trinajstić information content (AvgIpc) is 2.78. The van der Waals surface area contributed by atoms with Gasteiger partial charge in [-0.2, -0.15) is 24.9 Å². The Kier molecular flexibility index (Phi) is 3.99. The van der Waals surface area contributed by atoms with Gasteiger partial charge in [0.15, 0.2) is 0 Å². The molecule has 94 valence electrons. The molecule has 0 radical (unpaired) electrons. The van der Waals surface area contributed by atoms with Crippen molar-refractivity contribution in [2.24, 2.45) is 0 Å². The van der Waals surface area contributed by atoms with Crippen molar-refractivity contribution in [2.45, 2.75) is 25.2 Å². The normalized spacial score (nSPS) is 20.8. The number of hydrogen-bond acceptors (Lipinski definition) is 2. The minimum atomic E-state index is -4.26. The van der Waals surface area contributed by atoms with Crippen LogP contribution in [0.1, 0.15) is 17.5 Å². The molecule has 0 spiro atoms. The second-order valence-electron chi connectivity index (χ2n) is 4.10. The van der Waals surface area contributed by atoms with Gasteiger partial charge in [-0.15, -0.1) is 0 Å². The van der Waals surface area contributed by atoms with Gasteiger partial charge in [-0.1, -0.05) is 18.2 Å². The Morgan fingerprint density at radius 1 is 1.29 bits per heavy atom. The Bertz CT molecular complexity index is 372. The summed E-state index contributed by atoms with van der Waals surface area (Å²) in [7, 11) is 0. The summed E-state index contributed by atoms with van der Waals surface area (Å²) in [6.45, 7) is 0.293.